The van der Waals surface area contributed by atoms with Crippen LogP contribution >= 0.6 is 11.6 Å². The number of fused-ring (bicyclic) bond motifs is 1. The molecule has 0 radical (unpaired) electrons. The summed E-state index contributed by atoms with van der Waals surface area (Å²) in [5.74, 6) is 0.116. The van der Waals surface area contributed by atoms with Gasteiger partial charge < -0.3 is 15.4 Å². The Hall–Kier alpha value is -1.66. The lowest BCUT2D eigenvalue weighted by atomic mass is 10.5. The van der Waals surface area contributed by atoms with Crippen LogP contribution in [0.25, 0.3) is 11.2 Å². The first kappa shape index (κ1) is 10.8. The van der Waals surface area contributed by atoms with E-state index in [0.29, 0.717) is 17.7 Å². The molecule has 0 spiro atoms. The third-order valence-electron chi connectivity index (χ3n) is 2.01. The summed E-state index contributed by atoms with van der Waals surface area (Å²) in [6.45, 7) is 0.550. The van der Waals surface area contributed by atoms with Crippen LogP contribution in [-0.4, -0.2) is 31.2 Å². The summed E-state index contributed by atoms with van der Waals surface area (Å²) in [6, 6.07) is 0. The Kier molecular flexibility index (Phi) is 3.02. The predicted molar refractivity (Wildman–Crippen MR) is 61.0 cm³/mol. The average molecular weight is 240 g/mol. The minimum atomic E-state index is 0.00447. The highest BCUT2D eigenvalue weighted by molar-refractivity contribution is 6.33. The van der Waals surface area contributed by atoms with Crippen molar-refractivity contribution >= 4 is 28.7 Å². The van der Waals surface area contributed by atoms with Crippen molar-refractivity contribution in [1.82, 2.24) is 19.5 Å². The molecule has 0 amide bonds. The average Bonchev–Trinajstić information content (AvgIpc) is 2.62. The maximum Gasteiger partial charge on any atom is 0.223 e. The van der Waals surface area contributed by atoms with Gasteiger partial charge in [0, 0.05) is 6.54 Å². The van der Waals surface area contributed by atoms with E-state index in [1.165, 1.54) is 0 Å². The number of nitrogen functional groups attached to an aromatic ring is 1. The zero-order valence-corrected chi connectivity index (χ0v) is 9.09. The number of imidazole rings is 1. The number of allylic oxidation sites excluding steroid dienone is 1. The van der Waals surface area contributed by atoms with Crippen molar-refractivity contribution in [3.63, 3.8) is 0 Å². The van der Waals surface area contributed by atoms with E-state index in [-0.39, 0.29) is 17.7 Å². The summed E-state index contributed by atoms with van der Waals surface area (Å²) in [7, 11) is 0. The van der Waals surface area contributed by atoms with E-state index in [1.54, 1.807) is 23.0 Å². The van der Waals surface area contributed by atoms with Gasteiger partial charge in [0.25, 0.3) is 0 Å². The second-order valence-corrected chi connectivity index (χ2v) is 3.45. The summed E-state index contributed by atoms with van der Waals surface area (Å²) < 4.78 is 1.77. The highest BCUT2D eigenvalue weighted by atomic mass is 35.5. The van der Waals surface area contributed by atoms with Crippen LogP contribution in [0.5, 0.6) is 0 Å². The Morgan fingerprint density at radius 2 is 2.25 bits per heavy atom. The van der Waals surface area contributed by atoms with Gasteiger partial charge in [-0.05, 0) is 0 Å². The molecule has 2 rings (SSSR count). The molecule has 0 saturated heterocycles. The summed E-state index contributed by atoms with van der Waals surface area (Å²) in [5, 5.41) is 8.86. The predicted octanol–water partition coefficient (Wildman–Crippen LogP) is 0.610. The minimum Gasteiger partial charge on any atom is -0.392 e. The van der Waals surface area contributed by atoms with Crippen LogP contribution in [0.3, 0.4) is 0 Å². The number of anilines is 1. The van der Waals surface area contributed by atoms with Crippen LogP contribution in [0.4, 0.5) is 5.95 Å². The Morgan fingerprint density at radius 3 is 3.00 bits per heavy atom. The van der Waals surface area contributed by atoms with Crippen molar-refractivity contribution in [1.29, 1.82) is 0 Å². The molecular formula is C9H10ClN5O. The van der Waals surface area contributed by atoms with Gasteiger partial charge in [0.1, 0.15) is 5.52 Å². The van der Waals surface area contributed by atoms with Gasteiger partial charge in [-0.15, -0.1) is 0 Å². The molecule has 7 heteroatoms. The maximum atomic E-state index is 8.62. The molecule has 0 aliphatic carbocycles. The molecule has 0 unspecified atom stereocenters. The molecule has 0 fully saturated rings. The molecule has 6 nitrogen and oxygen atoms in total. The highest BCUT2D eigenvalue weighted by Crippen LogP contribution is 2.19. The van der Waals surface area contributed by atoms with E-state index in [9.17, 15) is 0 Å². The highest BCUT2D eigenvalue weighted by Gasteiger charge is 2.09. The summed E-state index contributed by atoms with van der Waals surface area (Å²) in [6.07, 6.45) is 5.04. The van der Waals surface area contributed by atoms with E-state index in [0.717, 1.165) is 0 Å². The zero-order valence-electron chi connectivity index (χ0n) is 8.34. The Balaban J connectivity index is 2.43. The second kappa shape index (κ2) is 4.46. The maximum absolute atomic E-state index is 8.62. The number of aromatic nitrogens is 4. The third kappa shape index (κ3) is 1.98. The van der Waals surface area contributed by atoms with Gasteiger partial charge >= 0.3 is 0 Å². The standard InChI is InChI=1S/C9H10ClN5O/c10-7-6-8(14-9(11)13-7)15(5-12-6)3-1-2-4-16/h1-2,5,16H,3-4H2,(H2,11,13,14). The van der Waals surface area contributed by atoms with E-state index >= 15 is 0 Å². The number of hydrogen-bond acceptors (Lipinski definition) is 5. The lowest BCUT2D eigenvalue weighted by Crippen LogP contribution is -2.00. The molecule has 0 aliphatic heterocycles. The summed E-state index contributed by atoms with van der Waals surface area (Å²) >= 11 is 5.87. The quantitative estimate of drug-likeness (QED) is 0.605. The molecule has 0 aliphatic rings. The minimum absolute atomic E-state index is 0.00447. The topological polar surface area (TPSA) is 89.8 Å². The van der Waals surface area contributed by atoms with Crippen molar-refractivity contribution in [2.24, 2.45) is 0 Å². The fourth-order valence-electron chi connectivity index (χ4n) is 1.32. The third-order valence-corrected chi connectivity index (χ3v) is 2.28. The molecular weight excluding hydrogens is 230 g/mol. The first-order valence-electron chi connectivity index (χ1n) is 4.62. The molecule has 0 saturated carbocycles. The molecule has 16 heavy (non-hydrogen) atoms. The number of aliphatic hydroxyl groups excluding tert-OH is 1. The Labute approximate surface area is 96.4 Å². The molecule has 84 valence electrons. The lowest BCUT2D eigenvalue weighted by Gasteiger charge is -1.99. The fourth-order valence-corrected chi connectivity index (χ4v) is 1.54. The lowest BCUT2D eigenvalue weighted by molar-refractivity contribution is 0.342. The van der Waals surface area contributed by atoms with Crippen LogP contribution < -0.4 is 5.73 Å². The van der Waals surface area contributed by atoms with Crippen molar-refractivity contribution in [3.8, 4) is 0 Å². The summed E-state index contributed by atoms with van der Waals surface area (Å²) in [4.78, 5) is 12.0. The molecule has 2 heterocycles. The molecule has 0 aromatic carbocycles. The SMILES string of the molecule is Nc1nc(Cl)c2ncn(CC=CCO)c2n1. The number of hydrogen-bond donors (Lipinski definition) is 2. The van der Waals surface area contributed by atoms with Gasteiger partial charge in [-0.1, -0.05) is 23.8 Å². The van der Waals surface area contributed by atoms with E-state index in [4.69, 9.17) is 22.4 Å². The van der Waals surface area contributed by atoms with E-state index in [2.05, 4.69) is 15.0 Å². The van der Waals surface area contributed by atoms with Gasteiger partial charge in [-0.25, -0.2) is 4.98 Å². The number of halogens is 1. The molecule has 0 atom stereocenters. The Morgan fingerprint density at radius 1 is 1.44 bits per heavy atom. The van der Waals surface area contributed by atoms with Crippen LogP contribution in [0.1, 0.15) is 0 Å². The van der Waals surface area contributed by atoms with Gasteiger partial charge in [0.15, 0.2) is 10.8 Å². The Bertz CT molecular complexity index is 536. The fraction of sp³-hybridized carbons (Fsp3) is 0.222. The van der Waals surface area contributed by atoms with Crippen molar-refractivity contribution < 1.29 is 5.11 Å². The van der Waals surface area contributed by atoms with Crippen molar-refractivity contribution in [3.05, 3.63) is 23.6 Å². The smallest absolute Gasteiger partial charge is 0.223 e. The summed E-state index contributed by atoms with van der Waals surface area (Å²) in [5.41, 5.74) is 6.61. The van der Waals surface area contributed by atoms with Crippen molar-refractivity contribution in [2.75, 3.05) is 12.3 Å². The van der Waals surface area contributed by atoms with Gasteiger partial charge in [-0.3, -0.25) is 0 Å². The van der Waals surface area contributed by atoms with Gasteiger partial charge in [0.05, 0.1) is 12.9 Å². The number of aliphatic hydroxyl groups is 1. The first-order valence-corrected chi connectivity index (χ1v) is 5.00. The van der Waals surface area contributed by atoms with E-state index in [1.807, 2.05) is 0 Å². The monoisotopic (exact) mass is 239 g/mol. The normalized spacial score (nSPS) is 11.6. The largest absolute Gasteiger partial charge is 0.392 e. The zero-order chi connectivity index (χ0) is 11.5. The molecule has 2 aromatic heterocycles. The van der Waals surface area contributed by atoms with Crippen LogP contribution in [-0.2, 0) is 6.54 Å². The number of nitrogens with zero attached hydrogens (tertiary/aromatic N) is 4. The second-order valence-electron chi connectivity index (χ2n) is 3.10. The molecule has 2 aromatic rings. The number of nitrogens with two attached hydrogens (primary N) is 1. The van der Waals surface area contributed by atoms with Crippen LogP contribution in [0, 0.1) is 0 Å². The van der Waals surface area contributed by atoms with Gasteiger partial charge in [-0.2, -0.15) is 9.97 Å². The number of rotatable bonds is 3. The van der Waals surface area contributed by atoms with Crippen molar-refractivity contribution in [2.45, 2.75) is 6.54 Å². The van der Waals surface area contributed by atoms with Gasteiger partial charge in [0.2, 0.25) is 5.95 Å². The first-order chi connectivity index (χ1) is 7.72. The molecule has 0 bridgehead atoms. The van der Waals surface area contributed by atoms with Crippen LogP contribution in [0.2, 0.25) is 5.15 Å². The molecule has 3 N–H and O–H groups in total. The van der Waals surface area contributed by atoms with E-state index < -0.39 is 0 Å². The van der Waals surface area contributed by atoms with Crippen LogP contribution in [0.15, 0.2) is 18.5 Å².